The first-order valence-electron chi connectivity index (χ1n) is 15.1. The molecule has 0 fully saturated rings. The molecule has 0 aromatic carbocycles. The Morgan fingerprint density at radius 1 is 0.976 bits per heavy atom. The number of methoxy groups -OCH3 is 1. The molecule has 42 heavy (non-hydrogen) atoms. The van der Waals surface area contributed by atoms with Gasteiger partial charge in [0, 0.05) is 18.5 Å². The molecule has 6 unspecified atom stereocenters. The Morgan fingerprint density at radius 3 is 2.05 bits per heavy atom. The molecule has 1 heterocycles. The van der Waals surface area contributed by atoms with Gasteiger partial charge in [0.05, 0.1) is 13.2 Å². The smallest absolute Gasteiger partial charge is 0.324 e. The number of hydrogen-bond acceptors (Lipinski definition) is 8. The van der Waals surface area contributed by atoms with Crippen LogP contribution in [0.5, 0.6) is 0 Å². The van der Waals surface area contributed by atoms with Crippen molar-refractivity contribution in [3.05, 3.63) is 11.8 Å². The number of nitrogens with zero attached hydrogens (tertiary/aromatic N) is 2. The molecule has 1 aliphatic rings. The molecule has 0 aromatic heterocycles. The van der Waals surface area contributed by atoms with Crippen LogP contribution in [0, 0.1) is 17.8 Å². The molecular formula is C31H54N4O7. The average Bonchev–Trinajstić information content (AvgIpc) is 3.18. The van der Waals surface area contributed by atoms with E-state index in [2.05, 4.69) is 10.6 Å². The molecule has 0 aliphatic carbocycles. The highest BCUT2D eigenvalue weighted by Gasteiger charge is 2.36. The molecule has 6 atom stereocenters. The van der Waals surface area contributed by atoms with Crippen molar-refractivity contribution in [3.63, 3.8) is 0 Å². The number of esters is 1. The van der Waals surface area contributed by atoms with Gasteiger partial charge in [0.15, 0.2) is 6.10 Å². The van der Waals surface area contributed by atoms with Gasteiger partial charge in [-0.25, -0.2) is 0 Å². The Morgan fingerprint density at radius 2 is 1.57 bits per heavy atom. The van der Waals surface area contributed by atoms with Crippen LogP contribution in [0.2, 0.25) is 0 Å². The van der Waals surface area contributed by atoms with Crippen LogP contribution in [0.25, 0.3) is 0 Å². The van der Waals surface area contributed by atoms with Crippen molar-refractivity contribution in [2.75, 3.05) is 21.2 Å². The molecule has 0 radical (unpaired) electrons. The highest BCUT2D eigenvalue weighted by molar-refractivity contribution is 6.04. The number of hydrogen-bond donors (Lipinski definition) is 2. The number of nitrogens with one attached hydrogen (secondary N) is 2. The zero-order valence-corrected chi connectivity index (χ0v) is 27.5. The van der Waals surface area contributed by atoms with E-state index >= 15 is 0 Å². The van der Waals surface area contributed by atoms with Gasteiger partial charge in [0.25, 0.3) is 11.8 Å². The lowest BCUT2D eigenvalue weighted by Crippen LogP contribution is -2.53. The Balaban J connectivity index is 2.91. The molecule has 0 saturated carbocycles. The van der Waals surface area contributed by atoms with Gasteiger partial charge in [0.2, 0.25) is 11.8 Å². The van der Waals surface area contributed by atoms with E-state index in [0.29, 0.717) is 25.0 Å². The molecule has 1 rings (SSSR count). The molecule has 2 N–H and O–H groups in total. The molecule has 0 aromatic rings. The zero-order valence-electron chi connectivity index (χ0n) is 27.5. The summed E-state index contributed by atoms with van der Waals surface area (Å²) in [6.07, 6.45) is 2.11. The Labute approximate surface area is 252 Å². The number of carbonyl (C=O) groups is 5. The minimum atomic E-state index is -1.04. The maximum atomic E-state index is 13.4. The normalized spacial score (nSPS) is 18.8. The predicted octanol–water partition coefficient (Wildman–Crippen LogP) is 3.02. The highest BCUT2D eigenvalue weighted by atomic mass is 16.5. The Hall–Kier alpha value is -2.95. The summed E-state index contributed by atoms with van der Waals surface area (Å²) < 4.78 is 10.9. The lowest BCUT2D eigenvalue weighted by molar-refractivity contribution is -0.163. The number of carbonyl (C=O) groups excluding carboxylic acids is 5. The monoisotopic (exact) mass is 594 g/mol. The minimum absolute atomic E-state index is 0.0354. The molecule has 0 bridgehead atoms. The van der Waals surface area contributed by atoms with E-state index in [-0.39, 0.29) is 36.0 Å². The van der Waals surface area contributed by atoms with Crippen LogP contribution >= 0.6 is 0 Å². The third-order valence-electron chi connectivity index (χ3n) is 7.54. The van der Waals surface area contributed by atoms with Crippen LogP contribution in [-0.2, 0) is 33.4 Å². The van der Waals surface area contributed by atoms with Crippen LogP contribution in [0.1, 0.15) is 87.5 Å². The molecule has 0 spiro atoms. The van der Waals surface area contributed by atoms with Crippen LogP contribution < -0.4 is 10.6 Å². The maximum Gasteiger partial charge on any atom is 0.324 e. The summed E-state index contributed by atoms with van der Waals surface area (Å²) in [5.41, 5.74) is 0. The average molecular weight is 595 g/mol. The van der Waals surface area contributed by atoms with Crippen molar-refractivity contribution < 1.29 is 33.4 Å². The van der Waals surface area contributed by atoms with Gasteiger partial charge in [-0.15, -0.1) is 0 Å². The van der Waals surface area contributed by atoms with Gasteiger partial charge in [-0.2, -0.15) is 0 Å². The van der Waals surface area contributed by atoms with Crippen LogP contribution in [0.3, 0.4) is 0 Å². The largest absolute Gasteiger partial charge is 0.499 e. The van der Waals surface area contributed by atoms with Crippen molar-refractivity contribution >= 4 is 29.6 Å². The highest BCUT2D eigenvalue weighted by Crippen LogP contribution is 2.22. The van der Waals surface area contributed by atoms with Crippen molar-refractivity contribution in [2.24, 2.45) is 17.8 Å². The Bertz CT molecular complexity index is 978. The number of likely N-dealkylation sites (N-methyl/N-ethyl adjacent to an activating group) is 1. The fourth-order valence-electron chi connectivity index (χ4n) is 5.06. The molecule has 4 amide bonds. The third kappa shape index (κ3) is 11.0. The van der Waals surface area contributed by atoms with Crippen molar-refractivity contribution in [1.82, 2.24) is 20.4 Å². The van der Waals surface area contributed by atoms with Crippen LogP contribution in [-0.4, -0.2) is 90.9 Å². The van der Waals surface area contributed by atoms with E-state index in [9.17, 15) is 24.0 Å². The fraction of sp³-hybridized carbons (Fsp3) is 0.774. The van der Waals surface area contributed by atoms with Gasteiger partial charge in [-0.1, -0.05) is 48.0 Å². The van der Waals surface area contributed by atoms with E-state index in [1.165, 1.54) is 13.2 Å². The van der Waals surface area contributed by atoms with Gasteiger partial charge < -0.3 is 20.1 Å². The second kappa shape index (κ2) is 17.2. The molecule has 0 saturated heterocycles. The van der Waals surface area contributed by atoms with Crippen molar-refractivity contribution in [2.45, 2.75) is 118 Å². The van der Waals surface area contributed by atoms with Crippen molar-refractivity contribution in [1.29, 1.82) is 0 Å². The topological polar surface area (TPSA) is 134 Å². The SMILES string of the molecule is CCC(C)C(C(=O)OC(CC(C)C)C(=O)NC(CC(C)C)C(=O)NC(C)CCC(=O)N1C(=O)C=C(OC)C1C)N(C)C. The van der Waals surface area contributed by atoms with Gasteiger partial charge in [0.1, 0.15) is 17.8 Å². The quantitative estimate of drug-likeness (QED) is 0.246. The first-order chi connectivity index (χ1) is 19.5. The van der Waals surface area contributed by atoms with E-state index in [1.54, 1.807) is 18.7 Å². The Kier molecular flexibility index (Phi) is 15.2. The number of rotatable bonds is 17. The van der Waals surface area contributed by atoms with Crippen LogP contribution in [0.15, 0.2) is 11.8 Å². The summed E-state index contributed by atoms with van der Waals surface area (Å²) >= 11 is 0. The summed E-state index contributed by atoms with van der Waals surface area (Å²) in [6, 6.07) is -2.21. The second-order valence-electron chi connectivity index (χ2n) is 12.5. The van der Waals surface area contributed by atoms with Gasteiger partial charge in [-0.05, 0) is 65.0 Å². The molecule has 11 heteroatoms. The third-order valence-corrected chi connectivity index (χ3v) is 7.54. The number of imide groups is 1. The molecule has 240 valence electrons. The minimum Gasteiger partial charge on any atom is -0.499 e. The molecule has 11 nitrogen and oxygen atoms in total. The maximum absolute atomic E-state index is 13.4. The summed E-state index contributed by atoms with van der Waals surface area (Å²) in [4.78, 5) is 67.8. The molecular weight excluding hydrogens is 540 g/mol. The molecule has 1 aliphatic heterocycles. The summed E-state index contributed by atoms with van der Waals surface area (Å²) in [5, 5.41) is 5.72. The second-order valence-corrected chi connectivity index (χ2v) is 12.5. The summed E-state index contributed by atoms with van der Waals surface area (Å²) in [5.74, 6) is -1.49. The zero-order chi connectivity index (χ0) is 32.3. The van der Waals surface area contributed by atoms with E-state index < -0.39 is 48.1 Å². The van der Waals surface area contributed by atoms with Crippen molar-refractivity contribution in [3.8, 4) is 0 Å². The van der Waals surface area contributed by atoms with E-state index in [1.807, 2.05) is 55.6 Å². The standard InChI is InChI=1S/C31H54N4O7/c1-12-20(6)28(34(9)10)31(40)42-25(16-19(4)5)30(39)33-23(15-18(2)3)29(38)32-21(7)13-14-26(36)35-22(8)24(41-11)17-27(35)37/h17-23,25,28H,12-16H2,1-11H3,(H,32,38)(H,33,39). The predicted molar refractivity (Wildman–Crippen MR) is 161 cm³/mol. The van der Waals surface area contributed by atoms with E-state index in [4.69, 9.17) is 9.47 Å². The number of ether oxygens (including phenoxy) is 2. The van der Waals surface area contributed by atoms with Gasteiger partial charge >= 0.3 is 5.97 Å². The van der Waals surface area contributed by atoms with Crippen LogP contribution in [0.4, 0.5) is 0 Å². The first kappa shape index (κ1) is 37.1. The van der Waals surface area contributed by atoms with E-state index in [0.717, 1.165) is 11.3 Å². The lowest BCUT2D eigenvalue weighted by Gasteiger charge is -2.30. The van der Waals surface area contributed by atoms with Gasteiger partial charge in [-0.3, -0.25) is 33.8 Å². The number of amides is 4. The summed E-state index contributed by atoms with van der Waals surface area (Å²) in [6.45, 7) is 15.2. The summed E-state index contributed by atoms with van der Waals surface area (Å²) in [7, 11) is 5.07. The lowest BCUT2D eigenvalue weighted by atomic mass is 9.98. The fourth-order valence-corrected chi connectivity index (χ4v) is 5.06. The first-order valence-corrected chi connectivity index (χ1v) is 15.1.